The van der Waals surface area contributed by atoms with E-state index >= 15 is 0 Å². The summed E-state index contributed by atoms with van der Waals surface area (Å²) in [5, 5.41) is 9.12. The Morgan fingerprint density at radius 2 is 1.50 bits per heavy atom. The molecule has 208 valence electrons. The Balaban J connectivity index is 1.59. The molecule has 0 bridgehead atoms. The summed E-state index contributed by atoms with van der Waals surface area (Å²) < 4.78 is 72.2. The molecule has 1 heterocycles. The van der Waals surface area contributed by atoms with E-state index in [1.807, 2.05) is 4.90 Å². The van der Waals surface area contributed by atoms with Gasteiger partial charge in [0.2, 0.25) is 11.8 Å². The molecule has 14 heteroatoms. The van der Waals surface area contributed by atoms with Gasteiger partial charge >= 0.3 is 6.36 Å². The molecule has 2 aromatic rings. The Kier molecular flexibility index (Phi) is 9.57. The molecular weight excluding hydrogens is 531 g/mol. The smallest absolute Gasteiger partial charge is 0.457 e. The van der Waals surface area contributed by atoms with Gasteiger partial charge in [-0.05, 0) is 61.5 Å². The second kappa shape index (κ2) is 12.5. The number of carbonyl (C=O) groups is 2. The van der Waals surface area contributed by atoms with Crippen LogP contribution in [0.2, 0.25) is 0 Å². The van der Waals surface area contributed by atoms with E-state index in [0.717, 1.165) is 12.1 Å². The fourth-order valence-corrected chi connectivity index (χ4v) is 5.52. The van der Waals surface area contributed by atoms with Crippen LogP contribution in [0, 0.1) is 5.92 Å². The number of hydrogen-bond acceptors (Lipinski definition) is 8. The van der Waals surface area contributed by atoms with Gasteiger partial charge in [0.25, 0.3) is 0 Å². The Morgan fingerprint density at radius 3 is 2.00 bits per heavy atom. The number of halogens is 3. The van der Waals surface area contributed by atoms with E-state index in [9.17, 15) is 31.2 Å². The Hall–Kier alpha value is -3.36. The van der Waals surface area contributed by atoms with Crippen LogP contribution >= 0.6 is 0 Å². The number of nitrogens with zero attached hydrogens (tertiary/aromatic N) is 2. The summed E-state index contributed by atoms with van der Waals surface area (Å²) >= 11 is 0. The van der Waals surface area contributed by atoms with Gasteiger partial charge in [0.15, 0.2) is 9.84 Å². The van der Waals surface area contributed by atoms with Crippen LogP contribution in [0.25, 0.3) is 0 Å². The summed E-state index contributed by atoms with van der Waals surface area (Å²) in [6, 6.07) is 10.0. The average Bonchev–Trinajstić information content (AvgIpc) is 2.87. The summed E-state index contributed by atoms with van der Waals surface area (Å²) in [5.74, 6) is -2.34. The highest BCUT2D eigenvalue weighted by Gasteiger charge is 2.31. The van der Waals surface area contributed by atoms with Crippen molar-refractivity contribution in [2.75, 3.05) is 38.5 Å². The zero-order chi connectivity index (χ0) is 27.9. The zero-order valence-electron chi connectivity index (χ0n) is 20.5. The maximum atomic E-state index is 13.0. The van der Waals surface area contributed by atoms with Crippen molar-refractivity contribution in [2.45, 2.75) is 24.6 Å². The van der Waals surface area contributed by atoms with E-state index in [4.69, 9.17) is 9.94 Å². The monoisotopic (exact) mass is 559 g/mol. The molecule has 0 aliphatic carbocycles. The minimum absolute atomic E-state index is 0.0156. The summed E-state index contributed by atoms with van der Waals surface area (Å²) in [7, 11) is -3.92. The number of sulfone groups is 1. The molecule has 3 rings (SSSR count). The highest BCUT2D eigenvalue weighted by Crippen LogP contribution is 2.28. The van der Waals surface area contributed by atoms with Crippen molar-refractivity contribution in [3.05, 3.63) is 48.5 Å². The molecule has 0 saturated carbocycles. The van der Waals surface area contributed by atoms with E-state index in [1.54, 1.807) is 4.90 Å². The van der Waals surface area contributed by atoms with Crippen LogP contribution in [0.5, 0.6) is 17.2 Å². The molecule has 0 radical (unpaired) electrons. The maximum Gasteiger partial charge on any atom is 0.573 e. The third kappa shape index (κ3) is 8.60. The van der Waals surface area contributed by atoms with E-state index < -0.39 is 39.5 Å². The fourth-order valence-electron chi connectivity index (χ4n) is 3.93. The lowest BCUT2D eigenvalue weighted by Gasteiger charge is -2.34. The molecule has 1 unspecified atom stereocenters. The zero-order valence-corrected chi connectivity index (χ0v) is 21.3. The molecule has 1 aliphatic heterocycles. The van der Waals surface area contributed by atoms with Crippen LogP contribution < -0.4 is 15.0 Å². The largest absolute Gasteiger partial charge is 0.573 e. The van der Waals surface area contributed by atoms with Crippen molar-refractivity contribution >= 4 is 21.7 Å². The molecule has 1 fully saturated rings. The van der Waals surface area contributed by atoms with Crippen molar-refractivity contribution in [2.24, 2.45) is 5.92 Å². The standard InChI is InChI=1S/C24H28F3N3O7S/c1-17(31)30-14-12-29(13-15-30)11-10-18(23(32)28-33)16-38(34,35)22-8-6-20(7-9-22)36-19-2-4-21(5-3-19)37-24(25,26)27/h2-9,18,33H,10-16H2,1H3,(H,28,32). The van der Waals surface area contributed by atoms with Gasteiger partial charge in [-0.25, -0.2) is 13.9 Å². The molecule has 1 aliphatic rings. The third-order valence-corrected chi connectivity index (χ3v) is 7.82. The lowest BCUT2D eigenvalue weighted by Crippen LogP contribution is -2.48. The summed E-state index contributed by atoms with van der Waals surface area (Å²) in [5.41, 5.74) is 1.54. The van der Waals surface area contributed by atoms with Crippen LogP contribution in [0.15, 0.2) is 53.4 Å². The average molecular weight is 560 g/mol. The van der Waals surface area contributed by atoms with E-state index in [1.165, 1.54) is 48.8 Å². The molecule has 38 heavy (non-hydrogen) atoms. The van der Waals surface area contributed by atoms with Crippen LogP contribution in [0.4, 0.5) is 13.2 Å². The second-order valence-corrected chi connectivity index (χ2v) is 10.7. The molecule has 2 N–H and O–H groups in total. The summed E-state index contributed by atoms with van der Waals surface area (Å²) in [6.45, 7) is 4.20. The van der Waals surface area contributed by atoms with Crippen molar-refractivity contribution in [1.29, 1.82) is 0 Å². The van der Waals surface area contributed by atoms with Crippen molar-refractivity contribution < 1.29 is 45.9 Å². The topological polar surface area (TPSA) is 125 Å². The third-order valence-electron chi connectivity index (χ3n) is 5.99. The van der Waals surface area contributed by atoms with Crippen LogP contribution in [-0.4, -0.2) is 80.1 Å². The maximum absolute atomic E-state index is 13.0. The Bertz CT molecular complexity index is 1200. The lowest BCUT2D eigenvalue weighted by atomic mass is 10.1. The number of alkyl halides is 3. The van der Waals surface area contributed by atoms with Gasteiger partial charge in [0.05, 0.1) is 16.6 Å². The number of hydrogen-bond donors (Lipinski definition) is 2. The van der Waals surface area contributed by atoms with E-state index in [0.29, 0.717) is 32.7 Å². The molecule has 0 spiro atoms. The number of ether oxygens (including phenoxy) is 2. The lowest BCUT2D eigenvalue weighted by molar-refractivity contribution is -0.274. The first kappa shape index (κ1) is 29.2. The predicted molar refractivity (Wildman–Crippen MR) is 128 cm³/mol. The molecule has 2 amide bonds. The van der Waals surface area contributed by atoms with Gasteiger partial charge in [-0.1, -0.05) is 0 Å². The number of carbonyl (C=O) groups excluding carboxylic acids is 2. The van der Waals surface area contributed by atoms with Gasteiger partial charge in [0, 0.05) is 33.1 Å². The van der Waals surface area contributed by atoms with Gasteiger partial charge in [0.1, 0.15) is 17.2 Å². The molecule has 0 aromatic heterocycles. The predicted octanol–water partition coefficient (Wildman–Crippen LogP) is 2.83. The molecular formula is C24H28F3N3O7S. The first-order chi connectivity index (χ1) is 17.9. The normalized spacial score (nSPS) is 15.6. The second-order valence-electron chi connectivity index (χ2n) is 8.68. The van der Waals surface area contributed by atoms with Crippen molar-refractivity contribution in [1.82, 2.24) is 15.3 Å². The molecule has 1 atom stereocenters. The number of hydroxylamine groups is 1. The number of rotatable bonds is 10. The fraction of sp³-hybridized carbons (Fsp3) is 0.417. The van der Waals surface area contributed by atoms with Gasteiger partial charge in [-0.2, -0.15) is 0 Å². The first-order valence-electron chi connectivity index (χ1n) is 11.6. The van der Waals surface area contributed by atoms with Crippen LogP contribution in [0.1, 0.15) is 13.3 Å². The van der Waals surface area contributed by atoms with Crippen molar-refractivity contribution in [3.8, 4) is 17.2 Å². The number of benzene rings is 2. The quantitative estimate of drug-likeness (QED) is 0.336. The molecule has 1 saturated heterocycles. The molecule has 2 aromatic carbocycles. The summed E-state index contributed by atoms with van der Waals surface area (Å²) in [4.78, 5) is 27.3. The Morgan fingerprint density at radius 1 is 0.974 bits per heavy atom. The van der Waals surface area contributed by atoms with Crippen LogP contribution in [0.3, 0.4) is 0 Å². The minimum atomic E-state index is -4.81. The highest BCUT2D eigenvalue weighted by molar-refractivity contribution is 7.91. The SMILES string of the molecule is CC(=O)N1CCN(CCC(CS(=O)(=O)c2ccc(Oc3ccc(OC(F)(F)F)cc3)cc2)C(=O)NO)CC1. The van der Waals surface area contributed by atoms with Gasteiger partial charge < -0.3 is 14.4 Å². The highest BCUT2D eigenvalue weighted by atomic mass is 32.2. The summed E-state index contributed by atoms with van der Waals surface area (Å²) in [6.07, 6.45) is -4.63. The van der Waals surface area contributed by atoms with Gasteiger partial charge in [-0.15, -0.1) is 13.2 Å². The first-order valence-corrected chi connectivity index (χ1v) is 13.3. The number of amides is 2. The van der Waals surface area contributed by atoms with E-state index in [2.05, 4.69) is 4.74 Å². The molecule has 10 nitrogen and oxygen atoms in total. The van der Waals surface area contributed by atoms with Crippen LogP contribution in [-0.2, 0) is 19.4 Å². The minimum Gasteiger partial charge on any atom is -0.457 e. The Labute approximate surface area is 217 Å². The number of piperazine rings is 1. The van der Waals surface area contributed by atoms with E-state index in [-0.39, 0.29) is 28.7 Å². The number of nitrogens with one attached hydrogen (secondary N) is 1. The van der Waals surface area contributed by atoms with Crippen molar-refractivity contribution in [3.63, 3.8) is 0 Å². The van der Waals surface area contributed by atoms with Gasteiger partial charge in [-0.3, -0.25) is 19.7 Å².